The van der Waals surface area contributed by atoms with Crippen LogP contribution in [0, 0.1) is 5.92 Å². The largest absolute Gasteiger partial charge is 0.295 e. The minimum Gasteiger partial charge on any atom is -0.285 e. The predicted molar refractivity (Wildman–Crippen MR) is 123 cm³/mol. The van der Waals surface area contributed by atoms with Crippen molar-refractivity contribution >= 4 is 126 Å². The van der Waals surface area contributed by atoms with Crippen molar-refractivity contribution in [3.63, 3.8) is 0 Å². The molecule has 2 rings (SSSR count). The first-order valence-electron chi connectivity index (χ1n) is 7.38. The van der Waals surface area contributed by atoms with Crippen LogP contribution in [0.5, 0.6) is 0 Å². The molecule has 0 aromatic heterocycles. The molecule has 1 aromatic rings. The zero-order valence-electron chi connectivity index (χ0n) is 15.8. The average Bonchev–Trinajstić information content (AvgIpc) is 2.60. The number of aliphatic imine (C=N–C) groups is 2. The van der Waals surface area contributed by atoms with Crippen LogP contribution in [0.1, 0.15) is 5.56 Å². The summed E-state index contributed by atoms with van der Waals surface area (Å²) in [4.78, 5) is 6.88. The van der Waals surface area contributed by atoms with E-state index in [4.69, 9.17) is 0 Å². The van der Waals surface area contributed by atoms with Crippen LogP contribution >= 0.6 is 24.4 Å². The Bertz CT molecular complexity index is 1200. The predicted octanol–water partition coefficient (Wildman–Crippen LogP) is 2.35. The maximum atomic E-state index is 11.7. The molecular formula is C16H12N2Na2O6S4. The van der Waals surface area contributed by atoms with Gasteiger partial charge in [-0.3, -0.25) is 9.11 Å². The standard InChI is InChI=1S/C16H12N2O6S4.2Na/c19-27(20,21)15-7-13(17-9-25)5-3-11(15)1-2-12-4-6-14(18-10-26)8-16(12)28(22,23)24;;/h1-8,11,15H,(H,19,20,21)(H,22,23,24);;. The number of thiocarbonyl (C=S) groups is 2. The fraction of sp³-hybridized carbons (Fsp3) is 0.125. The van der Waals surface area contributed by atoms with Crippen molar-refractivity contribution in [2.24, 2.45) is 15.9 Å². The summed E-state index contributed by atoms with van der Waals surface area (Å²) in [6.07, 6.45) is 6.82. The summed E-state index contributed by atoms with van der Waals surface area (Å²) in [5.41, 5.74) is 0.460. The van der Waals surface area contributed by atoms with Gasteiger partial charge < -0.3 is 0 Å². The molecule has 0 spiro atoms. The van der Waals surface area contributed by atoms with Crippen molar-refractivity contribution in [2.45, 2.75) is 10.1 Å². The van der Waals surface area contributed by atoms with E-state index in [0.29, 0.717) is 0 Å². The Morgan fingerprint density at radius 3 is 2.20 bits per heavy atom. The zero-order valence-corrected chi connectivity index (χ0v) is 23.1. The van der Waals surface area contributed by atoms with E-state index in [1.54, 1.807) is 0 Å². The van der Waals surface area contributed by atoms with Crippen molar-refractivity contribution in [2.75, 3.05) is 0 Å². The maximum Gasteiger partial charge on any atom is 0.295 e. The van der Waals surface area contributed by atoms with Crippen LogP contribution in [-0.4, -0.2) is 101 Å². The Balaban J connectivity index is 0.00000420. The van der Waals surface area contributed by atoms with Gasteiger partial charge in [0.2, 0.25) is 0 Å². The summed E-state index contributed by atoms with van der Waals surface area (Å²) in [7, 11) is -9.08. The molecule has 8 nitrogen and oxygen atoms in total. The van der Waals surface area contributed by atoms with Crippen LogP contribution in [0.4, 0.5) is 5.69 Å². The van der Waals surface area contributed by atoms with Gasteiger partial charge in [-0.05, 0) is 54.3 Å². The monoisotopic (exact) mass is 502 g/mol. The second-order valence-corrected chi connectivity index (χ2v) is 8.80. The molecule has 0 saturated carbocycles. The van der Waals surface area contributed by atoms with Gasteiger partial charge in [0.1, 0.15) is 10.1 Å². The molecule has 1 aliphatic carbocycles. The van der Waals surface area contributed by atoms with Gasteiger partial charge in [-0.25, -0.2) is 0 Å². The van der Waals surface area contributed by atoms with Gasteiger partial charge in [0, 0.05) is 65.0 Å². The molecule has 0 heterocycles. The normalized spacial score (nSPS) is 18.3. The van der Waals surface area contributed by atoms with E-state index in [0.717, 1.165) is 6.07 Å². The molecule has 0 bridgehead atoms. The van der Waals surface area contributed by atoms with Crippen LogP contribution in [0.15, 0.2) is 63.1 Å². The Labute approximate surface area is 229 Å². The van der Waals surface area contributed by atoms with E-state index in [1.807, 2.05) is 0 Å². The molecule has 2 atom stereocenters. The van der Waals surface area contributed by atoms with Crippen LogP contribution < -0.4 is 0 Å². The quantitative estimate of drug-likeness (QED) is 0.262. The molecule has 0 amide bonds. The fourth-order valence-electron chi connectivity index (χ4n) is 2.46. The summed E-state index contributed by atoms with van der Waals surface area (Å²) in [6.45, 7) is 0. The molecule has 0 fully saturated rings. The van der Waals surface area contributed by atoms with Gasteiger partial charge in [0.15, 0.2) is 0 Å². The smallest absolute Gasteiger partial charge is 0.285 e. The van der Waals surface area contributed by atoms with Crippen LogP contribution in [-0.2, 0) is 20.2 Å². The molecule has 0 saturated heterocycles. The molecule has 14 heteroatoms. The topological polar surface area (TPSA) is 133 Å². The number of rotatable bonds is 6. The third-order valence-corrected chi connectivity index (χ3v) is 5.90. The SMILES string of the molecule is O=S(=O)(O)c1cc(N=C=S)ccc1C=CC1C=CC(N=C=S)=CC1S(=O)(=O)O.[Na].[Na]. The fourth-order valence-corrected chi connectivity index (χ4v) is 4.27. The average molecular weight is 503 g/mol. The van der Waals surface area contributed by atoms with E-state index in [-0.39, 0.29) is 76.1 Å². The maximum absolute atomic E-state index is 11.7. The number of allylic oxidation sites excluding steroid dienone is 3. The molecule has 0 aliphatic heterocycles. The van der Waals surface area contributed by atoms with Gasteiger partial charge in [-0.15, -0.1) is 0 Å². The summed E-state index contributed by atoms with van der Waals surface area (Å²) >= 11 is 8.93. The Kier molecular flexibility index (Phi) is 12.7. The summed E-state index contributed by atoms with van der Waals surface area (Å²) in [6, 6.07) is 3.89. The van der Waals surface area contributed by atoms with Crippen molar-refractivity contribution < 1.29 is 25.9 Å². The van der Waals surface area contributed by atoms with E-state index >= 15 is 0 Å². The third kappa shape index (κ3) is 8.42. The van der Waals surface area contributed by atoms with Gasteiger partial charge in [-0.1, -0.05) is 24.3 Å². The second-order valence-electron chi connectivity index (χ2n) is 5.47. The molecule has 1 aliphatic rings. The van der Waals surface area contributed by atoms with Gasteiger partial charge >= 0.3 is 0 Å². The Morgan fingerprint density at radius 2 is 1.67 bits per heavy atom. The molecule has 2 N–H and O–H groups in total. The molecule has 30 heavy (non-hydrogen) atoms. The van der Waals surface area contributed by atoms with Gasteiger partial charge in [0.05, 0.1) is 21.7 Å². The first-order chi connectivity index (χ1) is 13.1. The third-order valence-electron chi connectivity index (χ3n) is 3.67. The molecule has 1 aromatic carbocycles. The number of hydrogen-bond donors (Lipinski definition) is 2. The molecule has 2 radical (unpaired) electrons. The van der Waals surface area contributed by atoms with E-state index < -0.39 is 36.3 Å². The summed E-state index contributed by atoms with van der Waals surface area (Å²) < 4.78 is 65.6. The van der Waals surface area contributed by atoms with Crippen LogP contribution in [0.25, 0.3) is 6.08 Å². The van der Waals surface area contributed by atoms with E-state index in [9.17, 15) is 25.9 Å². The molecular weight excluding hydrogens is 490 g/mol. The van der Waals surface area contributed by atoms with Crippen LogP contribution in [0.3, 0.4) is 0 Å². The number of benzene rings is 1. The number of hydrogen-bond acceptors (Lipinski definition) is 8. The first kappa shape index (κ1) is 29.9. The van der Waals surface area contributed by atoms with Crippen molar-refractivity contribution in [3.05, 3.63) is 53.8 Å². The molecule has 148 valence electrons. The van der Waals surface area contributed by atoms with E-state index in [1.165, 1.54) is 42.5 Å². The minimum absolute atomic E-state index is 0. The van der Waals surface area contributed by atoms with Gasteiger partial charge in [-0.2, -0.15) is 26.8 Å². The van der Waals surface area contributed by atoms with Gasteiger partial charge in [0.25, 0.3) is 20.2 Å². The Morgan fingerprint density at radius 1 is 1.03 bits per heavy atom. The number of isothiocyanates is 2. The number of nitrogens with zero attached hydrogens (tertiary/aromatic N) is 2. The first-order valence-corrected chi connectivity index (χ1v) is 11.1. The van der Waals surface area contributed by atoms with E-state index in [2.05, 4.69) is 44.7 Å². The van der Waals surface area contributed by atoms with Crippen molar-refractivity contribution in [1.82, 2.24) is 0 Å². The minimum atomic E-state index is -4.59. The van der Waals surface area contributed by atoms with Crippen LogP contribution in [0.2, 0.25) is 0 Å². The molecule has 2 unspecified atom stereocenters. The Hall–Kier alpha value is -0.140. The summed E-state index contributed by atoms with van der Waals surface area (Å²) in [5, 5.41) is 2.83. The second kappa shape index (κ2) is 12.8. The van der Waals surface area contributed by atoms with Crippen molar-refractivity contribution in [1.29, 1.82) is 0 Å². The zero-order chi connectivity index (χ0) is 20.9. The van der Waals surface area contributed by atoms with Crippen molar-refractivity contribution in [3.8, 4) is 0 Å². The summed E-state index contributed by atoms with van der Waals surface area (Å²) in [5.74, 6) is -0.827.